The normalized spacial score (nSPS) is 8.31. The van der Waals surface area contributed by atoms with Crippen molar-refractivity contribution in [2.24, 2.45) is 0 Å². The predicted octanol–water partition coefficient (Wildman–Crippen LogP) is -1.12. The van der Waals surface area contributed by atoms with E-state index in [4.69, 9.17) is 0 Å². The third kappa shape index (κ3) is 6.34. The van der Waals surface area contributed by atoms with Gasteiger partial charge in [-0.2, -0.15) is 0 Å². The van der Waals surface area contributed by atoms with Crippen molar-refractivity contribution >= 4 is 0 Å². The van der Waals surface area contributed by atoms with Crippen LogP contribution in [0.3, 0.4) is 0 Å². The van der Waals surface area contributed by atoms with Gasteiger partial charge in [0.05, 0.1) is 6.33 Å². The highest BCUT2D eigenvalue weighted by Gasteiger charge is 1.93. The Morgan fingerprint density at radius 1 is 1.56 bits per heavy atom. The molecule has 2 aromatic rings. The molecule has 0 radical (unpaired) electrons. The number of hydrogen-bond donors (Lipinski definition) is 1. The van der Waals surface area contributed by atoms with E-state index in [-0.39, 0.29) is 24.0 Å². The smallest absolute Gasteiger partial charge is 0.172 e. The molecule has 0 saturated heterocycles. The average molecular weight is 329 g/mol. The molecule has 2 rings (SSSR count). The second-order valence-corrected chi connectivity index (χ2v) is 3.13. The Balaban J connectivity index is 0.000000318. The fourth-order valence-corrected chi connectivity index (χ4v) is 1.13. The van der Waals surface area contributed by atoms with Gasteiger partial charge in [-0.15, -0.1) is 0 Å². The molecule has 3 nitrogen and oxygen atoms in total. The van der Waals surface area contributed by atoms with Crippen LogP contribution in [0.4, 0.5) is 0 Å². The molecule has 16 heavy (non-hydrogen) atoms. The number of H-pyrrole nitrogens is 1. The van der Waals surface area contributed by atoms with Gasteiger partial charge < -0.3 is 29.0 Å². The summed E-state index contributed by atoms with van der Waals surface area (Å²) >= 11 is 0. The summed E-state index contributed by atoms with van der Waals surface area (Å²) in [5.74, 6) is 0. The molecule has 0 atom stereocenters. The van der Waals surface area contributed by atoms with E-state index < -0.39 is 0 Å². The van der Waals surface area contributed by atoms with Gasteiger partial charge in [-0.3, -0.25) is 0 Å². The Labute approximate surface area is 113 Å². The monoisotopic (exact) mass is 329 g/mol. The summed E-state index contributed by atoms with van der Waals surface area (Å²) in [7, 11) is 0. The number of nitrogens with one attached hydrogen (secondary N) is 1. The zero-order valence-electron chi connectivity index (χ0n) is 9.31. The van der Waals surface area contributed by atoms with Crippen molar-refractivity contribution in [2.45, 2.75) is 13.5 Å². The third-order valence-corrected chi connectivity index (χ3v) is 1.75. The topological polar surface area (TPSA) is 32.6 Å². The van der Waals surface area contributed by atoms with Crippen LogP contribution < -0.4 is 28.5 Å². The summed E-state index contributed by atoms with van der Waals surface area (Å²) in [6, 6.07) is 4.12. The number of aryl methyl sites for hydroxylation is 1. The van der Waals surface area contributed by atoms with Crippen LogP contribution in [0.25, 0.3) is 0 Å². The Morgan fingerprint density at radius 3 is 2.81 bits per heavy atom. The van der Waals surface area contributed by atoms with Crippen LogP contribution in [0.2, 0.25) is 0 Å². The first kappa shape index (κ1) is 14.8. The number of rotatable bonds is 2. The lowest BCUT2D eigenvalue weighted by atomic mass is 10.3. The summed E-state index contributed by atoms with van der Waals surface area (Å²) in [4.78, 5) is 6.42. The summed E-state index contributed by atoms with van der Waals surface area (Å²) < 4.78 is 2.10. The van der Waals surface area contributed by atoms with Gasteiger partial charge in [-0.05, 0) is 19.1 Å². The van der Waals surface area contributed by atoms with Gasteiger partial charge in [0.25, 0.3) is 0 Å². The second-order valence-electron chi connectivity index (χ2n) is 3.13. The van der Waals surface area contributed by atoms with Gasteiger partial charge >= 0.3 is 0 Å². The van der Waals surface area contributed by atoms with Gasteiger partial charge in [0.1, 0.15) is 0 Å². The Hall–Kier alpha value is -1.17. The van der Waals surface area contributed by atoms with Crippen molar-refractivity contribution in [3.8, 4) is 0 Å². The molecule has 0 fully saturated rings. The van der Waals surface area contributed by atoms with Gasteiger partial charge in [0, 0.05) is 24.0 Å². The first-order valence-electron chi connectivity index (χ1n) is 4.82. The SMILES string of the molecule is C=CC[n+]1cccc(C)c1.[I-].c1c[nH]cn1. The minimum Gasteiger partial charge on any atom is -1.00 e. The zero-order chi connectivity index (χ0) is 10.9. The van der Waals surface area contributed by atoms with Crippen LogP contribution in [0, 0.1) is 6.92 Å². The van der Waals surface area contributed by atoms with Gasteiger partial charge in [0.2, 0.25) is 0 Å². The third-order valence-electron chi connectivity index (χ3n) is 1.75. The number of aromatic amines is 1. The van der Waals surface area contributed by atoms with Crippen molar-refractivity contribution in [3.63, 3.8) is 0 Å². The molecule has 86 valence electrons. The average Bonchev–Trinajstić information content (AvgIpc) is 2.76. The molecule has 0 spiro atoms. The highest BCUT2D eigenvalue weighted by atomic mass is 127. The molecule has 0 aromatic carbocycles. The Bertz CT molecular complexity index is 368. The predicted molar refractivity (Wildman–Crippen MR) is 60.2 cm³/mol. The first-order valence-corrected chi connectivity index (χ1v) is 4.82. The molecule has 1 N–H and O–H groups in total. The van der Waals surface area contributed by atoms with Gasteiger partial charge in [0.15, 0.2) is 18.9 Å². The lowest BCUT2D eigenvalue weighted by Gasteiger charge is -1.90. The molecule has 0 unspecified atom stereocenters. The lowest BCUT2D eigenvalue weighted by Crippen LogP contribution is -3.00. The number of halogens is 1. The second kappa shape index (κ2) is 9.08. The number of aromatic nitrogens is 3. The molecule has 0 aliphatic carbocycles. The number of pyridine rings is 1. The van der Waals surface area contributed by atoms with E-state index >= 15 is 0 Å². The van der Waals surface area contributed by atoms with Crippen LogP contribution in [0.1, 0.15) is 5.56 Å². The van der Waals surface area contributed by atoms with E-state index in [1.54, 1.807) is 18.7 Å². The van der Waals surface area contributed by atoms with E-state index in [9.17, 15) is 0 Å². The Morgan fingerprint density at radius 2 is 2.38 bits per heavy atom. The van der Waals surface area contributed by atoms with E-state index in [2.05, 4.69) is 40.3 Å². The van der Waals surface area contributed by atoms with Crippen LogP contribution >= 0.6 is 0 Å². The van der Waals surface area contributed by atoms with Crippen molar-refractivity contribution < 1.29 is 28.5 Å². The Kier molecular flexibility index (Phi) is 8.42. The largest absolute Gasteiger partial charge is 1.00 e. The molecule has 2 aromatic heterocycles. The molecule has 0 amide bonds. The molecule has 2 heterocycles. The minimum absolute atomic E-state index is 0. The van der Waals surface area contributed by atoms with Crippen molar-refractivity contribution in [3.05, 3.63) is 61.5 Å². The van der Waals surface area contributed by atoms with Gasteiger partial charge in [-0.25, -0.2) is 9.55 Å². The fourth-order valence-electron chi connectivity index (χ4n) is 1.13. The van der Waals surface area contributed by atoms with E-state index in [0.717, 1.165) is 6.54 Å². The summed E-state index contributed by atoms with van der Waals surface area (Å²) in [5, 5.41) is 0. The maximum atomic E-state index is 3.67. The quantitative estimate of drug-likeness (QED) is 0.423. The number of imidazole rings is 1. The van der Waals surface area contributed by atoms with E-state index in [0.29, 0.717) is 0 Å². The van der Waals surface area contributed by atoms with Crippen LogP contribution in [-0.4, -0.2) is 9.97 Å². The molecule has 0 bridgehead atoms. The zero-order valence-corrected chi connectivity index (χ0v) is 11.5. The molecular formula is C12H16IN3. The number of hydrogen-bond acceptors (Lipinski definition) is 1. The summed E-state index contributed by atoms with van der Waals surface area (Å²) in [6.07, 6.45) is 11.1. The van der Waals surface area contributed by atoms with E-state index in [1.165, 1.54) is 5.56 Å². The number of nitrogens with zero attached hydrogens (tertiary/aromatic N) is 2. The standard InChI is InChI=1S/C9H12N.C3H4N2.HI/c1-3-6-10-7-4-5-9(2)8-10;1-2-5-3-4-1;/h3-5,7-8H,1,6H2,2H3;1-3H,(H,4,5);1H/q+1;;/p-1. The maximum absolute atomic E-state index is 3.67. The molecule has 0 aliphatic rings. The summed E-state index contributed by atoms with van der Waals surface area (Å²) in [6.45, 7) is 6.64. The molecular weight excluding hydrogens is 313 g/mol. The molecule has 0 aliphatic heterocycles. The lowest BCUT2D eigenvalue weighted by molar-refractivity contribution is -0.687. The van der Waals surface area contributed by atoms with Crippen LogP contribution in [-0.2, 0) is 6.54 Å². The molecule has 0 saturated carbocycles. The van der Waals surface area contributed by atoms with Crippen molar-refractivity contribution in [1.82, 2.24) is 9.97 Å². The van der Waals surface area contributed by atoms with Crippen molar-refractivity contribution in [2.75, 3.05) is 0 Å². The van der Waals surface area contributed by atoms with Crippen LogP contribution in [0.5, 0.6) is 0 Å². The van der Waals surface area contributed by atoms with Gasteiger partial charge in [-0.1, -0.05) is 6.58 Å². The first-order chi connectivity index (χ1) is 7.33. The van der Waals surface area contributed by atoms with E-state index in [1.807, 2.05) is 18.3 Å². The molecule has 4 heteroatoms. The highest BCUT2D eigenvalue weighted by Crippen LogP contribution is 1.88. The summed E-state index contributed by atoms with van der Waals surface area (Å²) in [5.41, 5.74) is 1.28. The number of allylic oxidation sites excluding steroid dienone is 1. The highest BCUT2D eigenvalue weighted by molar-refractivity contribution is 5.01. The minimum atomic E-state index is 0. The van der Waals surface area contributed by atoms with Crippen molar-refractivity contribution in [1.29, 1.82) is 0 Å². The van der Waals surface area contributed by atoms with Crippen LogP contribution in [0.15, 0.2) is 55.9 Å². The fraction of sp³-hybridized carbons (Fsp3) is 0.167. The maximum Gasteiger partial charge on any atom is 0.172 e.